The summed E-state index contributed by atoms with van der Waals surface area (Å²) < 4.78 is 1.62. The van der Waals surface area contributed by atoms with E-state index in [1.807, 2.05) is 30.5 Å². The SMILES string of the molecule is S=c1cc[nH]c(-c2ccc(Cl)s2)c1. The molecule has 0 saturated carbocycles. The Morgan fingerprint density at radius 3 is 2.77 bits per heavy atom. The van der Waals surface area contributed by atoms with Crippen LogP contribution in [0.5, 0.6) is 0 Å². The van der Waals surface area contributed by atoms with Crippen molar-refractivity contribution in [3.63, 3.8) is 0 Å². The molecule has 0 aliphatic rings. The van der Waals surface area contributed by atoms with Crippen molar-refractivity contribution >= 4 is 35.2 Å². The molecule has 2 rings (SSSR count). The molecular formula is C9H6ClNS2. The van der Waals surface area contributed by atoms with E-state index in [9.17, 15) is 0 Å². The maximum atomic E-state index is 5.83. The number of nitrogens with one attached hydrogen (secondary N) is 1. The zero-order valence-electron chi connectivity index (χ0n) is 6.58. The summed E-state index contributed by atoms with van der Waals surface area (Å²) in [6.45, 7) is 0. The summed E-state index contributed by atoms with van der Waals surface area (Å²) in [7, 11) is 0. The van der Waals surface area contributed by atoms with Gasteiger partial charge in [0.15, 0.2) is 0 Å². The van der Waals surface area contributed by atoms with Crippen LogP contribution < -0.4 is 0 Å². The van der Waals surface area contributed by atoms with E-state index in [0.29, 0.717) is 0 Å². The van der Waals surface area contributed by atoms with Crippen LogP contribution >= 0.6 is 35.2 Å². The zero-order valence-corrected chi connectivity index (χ0v) is 8.97. The Kier molecular flexibility index (Phi) is 2.49. The van der Waals surface area contributed by atoms with Gasteiger partial charge in [0.05, 0.1) is 14.9 Å². The number of hydrogen-bond donors (Lipinski definition) is 1. The van der Waals surface area contributed by atoms with Crippen LogP contribution in [-0.2, 0) is 0 Å². The molecule has 1 N–H and O–H groups in total. The minimum absolute atomic E-state index is 0.790. The zero-order chi connectivity index (χ0) is 9.26. The molecule has 13 heavy (non-hydrogen) atoms. The number of H-pyrrole nitrogens is 1. The Morgan fingerprint density at radius 2 is 2.15 bits per heavy atom. The lowest BCUT2D eigenvalue weighted by Crippen LogP contribution is -1.77. The summed E-state index contributed by atoms with van der Waals surface area (Å²) in [6.07, 6.45) is 1.84. The molecule has 0 fully saturated rings. The fraction of sp³-hybridized carbons (Fsp3) is 0. The second kappa shape index (κ2) is 3.62. The first-order chi connectivity index (χ1) is 6.25. The number of thiophene rings is 1. The molecule has 0 atom stereocenters. The minimum atomic E-state index is 0.790. The molecular weight excluding hydrogens is 222 g/mol. The van der Waals surface area contributed by atoms with Crippen molar-refractivity contribution in [2.75, 3.05) is 0 Å². The molecule has 1 nitrogen and oxygen atoms in total. The van der Waals surface area contributed by atoms with Crippen molar-refractivity contribution in [1.29, 1.82) is 0 Å². The fourth-order valence-corrected chi connectivity index (χ4v) is 2.26. The molecule has 0 saturated heterocycles. The quantitative estimate of drug-likeness (QED) is 0.725. The summed E-state index contributed by atoms with van der Waals surface area (Å²) in [5.41, 5.74) is 1.02. The predicted molar refractivity (Wildman–Crippen MR) is 59.9 cm³/mol. The average molecular weight is 228 g/mol. The smallest absolute Gasteiger partial charge is 0.0935 e. The van der Waals surface area contributed by atoms with Gasteiger partial charge < -0.3 is 4.98 Å². The molecule has 0 unspecified atom stereocenters. The van der Waals surface area contributed by atoms with Crippen LogP contribution in [0.4, 0.5) is 0 Å². The number of halogens is 1. The van der Waals surface area contributed by atoms with Crippen LogP contribution in [0, 0.1) is 4.51 Å². The monoisotopic (exact) mass is 227 g/mol. The van der Waals surface area contributed by atoms with Gasteiger partial charge in [0, 0.05) is 10.7 Å². The largest absolute Gasteiger partial charge is 0.360 e. The van der Waals surface area contributed by atoms with Gasteiger partial charge in [-0.05, 0) is 24.3 Å². The molecule has 0 aliphatic heterocycles. The third-order valence-corrected chi connectivity index (χ3v) is 3.13. The van der Waals surface area contributed by atoms with Crippen molar-refractivity contribution in [3.05, 3.63) is 39.3 Å². The average Bonchev–Trinajstić information content (AvgIpc) is 2.52. The van der Waals surface area contributed by atoms with Crippen molar-refractivity contribution < 1.29 is 0 Å². The van der Waals surface area contributed by atoms with E-state index < -0.39 is 0 Å². The molecule has 0 spiro atoms. The molecule has 66 valence electrons. The van der Waals surface area contributed by atoms with E-state index in [2.05, 4.69) is 4.98 Å². The van der Waals surface area contributed by atoms with Crippen LogP contribution in [0.15, 0.2) is 30.5 Å². The number of rotatable bonds is 1. The fourth-order valence-electron chi connectivity index (χ4n) is 1.05. The topological polar surface area (TPSA) is 15.8 Å². The van der Waals surface area contributed by atoms with Gasteiger partial charge in [-0.15, -0.1) is 11.3 Å². The van der Waals surface area contributed by atoms with E-state index >= 15 is 0 Å². The van der Waals surface area contributed by atoms with Crippen molar-refractivity contribution in [3.8, 4) is 10.6 Å². The van der Waals surface area contributed by atoms with E-state index in [1.165, 1.54) is 11.3 Å². The van der Waals surface area contributed by atoms with Gasteiger partial charge in [-0.25, -0.2) is 0 Å². The molecule has 0 radical (unpaired) electrons. The summed E-state index contributed by atoms with van der Waals surface area (Å²) >= 11 is 12.4. The van der Waals surface area contributed by atoms with E-state index in [-0.39, 0.29) is 0 Å². The Bertz CT molecular complexity index is 472. The van der Waals surface area contributed by atoms with Crippen LogP contribution in [-0.4, -0.2) is 4.98 Å². The van der Waals surface area contributed by atoms with Gasteiger partial charge in [-0.1, -0.05) is 23.8 Å². The molecule has 2 aromatic rings. The summed E-state index contributed by atoms with van der Waals surface area (Å²) in [5.74, 6) is 0. The second-order valence-corrected chi connectivity index (χ2v) is 4.73. The van der Waals surface area contributed by atoms with Gasteiger partial charge in [0.25, 0.3) is 0 Å². The Morgan fingerprint density at radius 1 is 1.31 bits per heavy atom. The second-order valence-electron chi connectivity index (χ2n) is 2.54. The molecule has 0 bridgehead atoms. The van der Waals surface area contributed by atoms with Gasteiger partial charge in [0.1, 0.15) is 0 Å². The van der Waals surface area contributed by atoms with E-state index in [1.54, 1.807) is 0 Å². The highest BCUT2D eigenvalue weighted by molar-refractivity contribution is 7.71. The van der Waals surface area contributed by atoms with E-state index in [4.69, 9.17) is 23.8 Å². The first-order valence-corrected chi connectivity index (χ1v) is 5.30. The highest BCUT2D eigenvalue weighted by atomic mass is 35.5. The lowest BCUT2D eigenvalue weighted by Gasteiger charge is -1.95. The lowest BCUT2D eigenvalue weighted by atomic mass is 10.3. The van der Waals surface area contributed by atoms with Gasteiger partial charge in [0.2, 0.25) is 0 Å². The van der Waals surface area contributed by atoms with Crippen molar-refractivity contribution in [1.82, 2.24) is 4.98 Å². The third-order valence-electron chi connectivity index (χ3n) is 1.61. The van der Waals surface area contributed by atoms with Gasteiger partial charge in [-0.2, -0.15) is 0 Å². The van der Waals surface area contributed by atoms with Crippen LogP contribution in [0.2, 0.25) is 4.34 Å². The van der Waals surface area contributed by atoms with Crippen molar-refractivity contribution in [2.45, 2.75) is 0 Å². The van der Waals surface area contributed by atoms with Crippen LogP contribution in [0.1, 0.15) is 0 Å². The van der Waals surface area contributed by atoms with Crippen LogP contribution in [0.25, 0.3) is 10.6 Å². The Labute approximate surface area is 90.0 Å². The third kappa shape index (κ3) is 1.99. The highest BCUT2D eigenvalue weighted by Crippen LogP contribution is 2.29. The standard InChI is InChI=1S/C9H6ClNS2/c10-9-2-1-8(13-9)7-5-6(12)3-4-11-7/h1-5H,(H,11,12). The highest BCUT2D eigenvalue weighted by Gasteiger charge is 2.00. The summed E-state index contributed by atoms with van der Waals surface area (Å²) in [4.78, 5) is 4.23. The molecule has 2 heterocycles. The van der Waals surface area contributed by atoms with E-state index in [0.717, 1.165) is 19.4 Å². The van der Waals surface area contributed by atoms with Gasteiger partial charge in [-0.3, -0.25) is 0 Å². The molecule has 2 aromatic heterocycles. The van der Waals surface area contributed by atoms with Gasteiger partial charge >= 0.3 is 0 Å². The molecule has 0 amide bonds. The molecule has 4 heteroatoms. The van der Waals surface area contributed by atoms with Crippen LogP contribution in [0.3, 0.4) is 0 Å². The maximum absolute atomic E-state index is 5.83. The lowest BCUT2D eigenvalue weighted by molar-refractivity contribution is 1.33. The number of aromatic nitrogens is 1. The Hall–Kier alpha value is -0.640. The molecule has 0 aliphatic carbocycles. The minimum Gasteiger partial charge on any atom is -0.360 e. The molecule has 0 aromatic carbocycles. The normalized spacial score (nSPS) is 10.2. The summed E-state index contributed by atoms with van der Waals surface area (Å²) in [6, 6.07) is 7.64. The predicted octanol–water partition coefficient (Wildman–Crippen LogP) is 4.13. The Balaban J connectivity index is 2.52. The first-order valence-electron chi connectivity index (χ1n) is 3.70. The first kappa shape index (κ1) is 8.94. The van der Waals surface area contributed by atoms with Crippen molar-refractivity contribution in [2.24, 2.45) is 0 Å². The number of pyridine rings is 1. The summed E-state index contributed by atoms with van der Waals surface area (Å²) in [5, 5.41) is 0. The number of aromatic amines is 1. The number of hydrogen-bond acceptors (Lipinski definition) is 2. The maximum Gasteiger partial charge on any atom is 0.0935 e.